The molecule has 11 nitrogen and oxygen atoms in total. The summed E-state index contributed by atoms with van der Waals surface area (Å²) < 4.78 is 10.6. The molecule has 3 aromatic rings. The first kappa shape index (κ1) is 23.0. The van der Waals surface area contributed by atoms with E-state index in [1.165, 1.54) is 6.08 Å². The van der Waals surface area contributed by atoms with E-state index in [-0.39, 0.29) is 29.5 Å². The summed E-state index contributed by atoms with van der Waals surface area (Å²) in [5, 5.41) is 27.2. The van der Waals surface area contributed by atoms with E-state index >= 15 is 0 Å². The van der Waals surface area contributed by atoms with Crippen LogP contribution in [0.2, 0.25) is 0 Å². The van der Waals surface area contributed by atoms with Gasteiger partial charge in [0, 0.05) is 23.3 Å². The predicted molar refractivity (Wildman–Crippen MR) is 125 cm³/mol. The molecule has 3 aromatic carbocycles. The first-order valence-corrected chi connectivity index (χ1v) is 10.2. The lowest BCUT2D eigenvalue weighted by molar-refractivity contribution is -0.384. The van der Waals surface area contributed by atoms with Crippen LogP contribution in [0.15, 0.2) is 77.5 Å². The highest BCUT2D eigenvalue weighted by Gasteiger charge is 2.17. The third-order valence-corrected chi connectivity index (χ3v) is 4.83. The van der Waals surface area contributed by atoms with E-state index in [0.29, 0.717) is 22.6 Å². The number of carbonyl (C=O) groups excluding carboxylic acids is 2. The highest BCUT2D eigenvalue weighted by molar-refractivity contribution is 6.05. The van der Waals surface area contributed by atoms with Gasteiger partial charge in [-0.15, -0.1) is 0 Å². The van der Waals surface area contributed by atoms with Crippen molar-refractivity contribution in [1.82, 2.24) is 10.7 Å². The second kappa shape index (κ2) is 10.2. The molecule has 0 saturated heterocycles. The minimum atomic E-state index is -0.770. The number of hydrogen-bond donors (Lipinski definition) is 3. The van der Waals surface area contributed by atoms with Gasteiger partial charge in [0.15, 0.2) is 11.5 Å². The quantitative estimate of drug-likeness (QED) is 0.206. The fraction of sp³-hybridized carbons (Fsp3) is 0.0417. The number of phenolic OH excluding ortho intramolecular Hbond substituents is 1. The second-order valence-corrected chi connectivity index (χ2v) is 7.19. The third kappa shape index (κ3) is 5.60. The van der Waals surface area contributed by atoms with Crippen molar-refractivity contribution in [2.24, 2.45) is 5.10 Å². The van der Waals surface area contributed by atoms with E-state index < -0.39 is 16.7 Å². The standard InChI is InChI=1S/C24H18N4O7/c29-20-8-7-18(28(32)33)12-17(20)13-25-27-24(31)19(26-23(30)16-4-2-1-3-5-16)10-15-6-9-21-22(11-15)35-14-34-21/h1-13,29H,14H2,(H,26,30)(H,27,31)/b19-10+,25-13-. The Morgan fingerprint density at radius 3 is 2.57 bits per heavy atom. The van der Waals surface area contributed by atoms with E-state index in [1.807, 2.05) is 0 Å². The van der Waals surface area contributed by atoms with Gasteiger partial charge in [-0.05, 0) is 42.0 Å². The minimum Gasteiger partial charge on any atom is -0.507 e. The van der Waals surface area contributed by atoms with Gasteiger partial charge in [0.25, 0.3) is 17.5 Å². The Morgan fingerprint density at radius 1 is 1.03 bits per heavy atom. The monoisotopic (exact) mass is 474 g/mol. The summed E-state index contributed by atoms with van der Waals surface area (Å²) in [5.74, 6) is -0.502. The zero-order chi connectivity index (χ0) is 24.8. The van der Waals surface area contributed by atoms with Crippen LogP contribution in [0.4, 0.5) is 5.69 Å². The molecular weight excluding hydrogens is 456 g/mol. The zero-order valence-corrected chi connectivity index (χ0v) is 18.0. The molecular formula is C24H18N4O7. The molecule has 176 valence electrons. The van der Waals surface area contributed by atoms with Crippen LogP contribution >= 0.6 is 0 Å². The van der Waals surface area contributed by atoms with Crippen molar-refractivity contribution >= 4 is 29.8 Å². The second-order valence-electron chi connectivity index (χ2n) is 7.19. The number of nitro benzene ring substituents is 1. The van der Waals surface area contributed by atoms with Crippen LogP contribution in [-0.4, -0.2) is 34.9 Å². The number of benzene rings is 3. The van der Waals surface area contributed by atoms with Gasteiger partial charge in [-0.25, -0.2) is 5.43 Å². The largest absolute Gasteiger partial charge is 0.507 e. The molecule has 0 aromatic heterocycles. The van der Waals surface area contributed by atoms with E-state index in [2.05, 4.69) is 15.8 Å². The summed E-state index contributed by atoms with van der Waals surface area (Å²) in [6, 6.07) is 16.7. The third-order valence-electron chi connectivity index (χ3n) is 4.83. The van der Waals surface area contributed by atoms with E-state index in [0.717, 1.165) is 24.4 Å². The molecule has 2 amide bonds. The van der Waals surface area contributed by atoms with Gasteiger partial charge in [-0.2, -0.15) is 5.10 Å². The zero-order valence-electron chi connectivity index (χ0n) is 18.0. The van der Waals surface area contributed by atoms with Crippen molar-refractivity contribution in [2.45, 2.75) is 0 Å². The topological polar surface area (TPSA) is 152 Å². The van der Waals surface area contributed by atoms with Crippen molar-refractivity contribution in [2.75, 3.05) is 6.79 Å². The maximum atomic E-state index is 12.9. The number of non-ortho nitro benzene ring substituents is 1. The van der Waals surface area contributed by atoms with Gasteiger partial charge in [0.2, 0.25) is 6.79 Å². The summed E-state index contributed by atoms with van der Waals surface area (Å²) >= 11 is 0. The van der Waals surface area contributed by atoms with Crippen molar-refractivity contribution in [1.29, 1.82) is 0 Å². The number of nitro groups is 1. The van der Waals surface area contributed by atoms with Gasteiger partial charge in [0.1, 0.15) is 11.4 Å². The lowest BCUT2D eigenvalue weighted by atomic mass is 10.1. The van der Waals surface area contributed by atoms with E-state index in [4.69, 9.17) is 9.47 Å². The number of nitrogens with one attached hydrogen (secondary N) is 2. The number of hydrogen-bond acceptors (Lipinski definition) is 8. The highest BCUT2D eigenvalue weighted by Crippen LogP contribution is 2.33. The Balaban J connectivity index is 1.57. The average Bonchev–Trinajstić information content (AvgIpc) is 3.33. The molecule has 1 aliphatic heterocycles. The molecule has 3 N–H and O–H groups in total. The number of fused-ring (bicyclic) bond motifs is 1. The van der Waals surface area contributed by atoms with Crippen LogP contribution < -0.4 is 20.2 Å². The first-order valence-electron chi connectivity index (χ1n) is 10.2. The molecule has 0 radical (unpaired) electrons. The number of nitrogens with zero attached hydrogens (tertiary/aromatic N) is 2. The lowest BCUT2D eigenvalue weighted by Gasteiger charge is -2.09. The number of amides is 2. The lowest BCUT2D eigenvalue weighted by Crippen LogP contribution is -2.32. The molecule has 11 heteroatoms. The Morgan fingerprint density at radius 2 is 1.80 bits per heavy atom. The molecule has 0 fully saturated rings. The smallest absolute Gasteiger partial charge is 0.287 e. The van der Waals surface area contributed by atoms with Crippen LogP contribution in [0.1, 0.15) is 21.5 Å². The fourth-order valence-corrected chi connectivity index (χ4v) is 3.09. The normalized spacial score (nSPS) is 12.4. The molecule has 1 aliphatic rings. The number of rotatable bonds is 7. The molecule has 4 rings (SSSR count). The molecule has 0 unspecified atom stereocenters. The van der Waals surface area contributed by atoms with Crippen LogP contribution in [-0.2, 0) is 4.79 Å². The summed E-state index contributed by atoms with van der Waals surface area (Å²) in [5.41, 5.74) is 2.77. The molecule has 0 bridgehead atoms. The van der Waals surface area contributed by atoms with Gasteiger partial charge < -0.3 is 19.9 Å². The average molecular weight is 474 g/mol. The van der Waals surface area contributed by atoms with Crippen molar-refractivity contribution < 1.29 is 29.1 Å². The van der Waals surface area contributed by atoms with Crippen molar-refractivity contribution in [3.8, 4) is 17.2 Å². The Hall–Kier alpha value is -5.19. The number of hydrazone groups is 1. The molecule has 0 atom stereocenters. The molecule has 0 spiro atoms. The number of aromatic hydroxyl groups is 1. The number of phenols is 1. The van der Waals surface area contributed by atoms with Crippen LogP contribution in [0.5, 0.6) is 17.2 Å². The summed E-state index contributed by atoms with van der Waals surface area (Å²) in [4.78, 5) is 35.9. The van der Waals surface area contributed by atoms with Gasteiger partial charge >= 0.3 is 0 Å². The van der Waals surface area contributed by atoms with E-state index in [9.17, 15) is 24.8 Å². The van der Waals surface area contributed by atoms with Gasteiger partial charge in [-0.3, -0.25) is 19.7 Å². The number of carbonyl (C=O) groups is 2. The Bertz CT molecular complexity index is 1350. The highest BCUT2D eigenvalue weighted by atomic mass is 16.7. The predicted octanol–water partition coefficient (Wildman–Crippen LogP) is 2.95. The molecule has 1 heterocycles. The van der Waals surface area contributed by atoms with Crippen molar-refractivity contribution in [3.05, 3.63) is 99.2 Å². The van der Waals surface area contributed by atoms with E-state index in [1.54, 1.807) is 48.5 Å². The maximum absolute atomic E-state index is 12.9. The van der Waals surface area contributed by atoms with Gasteiger partial charge in [0.05, 0.1) is 11.1 Å². The van der Waals surface area contributed by atoms with Crippen LogP contribution in [0.3, 0.4) is 0 Å². The van der Waals surface area contributed by atoms with Crippen molar-refractivity contribution in [3.63, 3.8) is 0 Å². The molecule has 0 saturated carbocycles. The molecule has 35 heavy (non-hydrogen) atoms. The Kier molecular flexibility index (Phi) is 6.68. The summed E-state index contributed by atoms with van der Waals surface area (Å²) in [7, 11) is 0. The minimum absolute atomic E-state index is 0.0223. The van der Waals surface area contributed by atoms with Gasteiger partial charge in [-0.1, -0.05) is 24.3 Å². The summed E-state index contributed by atoms with van der Waals surface area (Å²) in [6.45, 7) is 0.0831. The Labute approximate surface area is 198 Å². The maximum Gasteiger partial charge on any atom is 0.287 e. The van der Waals surface area contributed by atoms with Crippen LogP contribution in [0, 0.1) is 10.1 Å². The molecule has 0 aliphatic carbocycles. The fourth-order valence-electron chi connectivity index (χ4n) is 3.09. The summed E-state index contributed by atoms with van der Waals surface area (Å²) in [6.07, 6.45) is 2.48. The first-order chi connectivity index (χ1) is 16.9. The van der Waals surface area contributed by atoms with Crippen LogP contribution in [0.25, 0.3) is 6.08 Å². The SMILES string of the molecule is O=C(N/N=C\c1cc([N+](=O)[O-])ccc1O)/C(=C\c1ccc2c(c1)OCO2)NC(=O)c1ccccc1. The number of ether oxygens (including phenoxy) is 2.